The Labute approximate surface area is 212 Å². The predicted molar refractivity (Wildman–Crippen MR) is 141 cm³/mol. The number of carbonyl (C=O) groups is 1. The van der Waals surface area contributed by atoms with Gasteiger partial charge in [0.05, 0.1) is 29.5 Å². The second-order valence-corrected chi connectivity index (χ2v) is 9.80. The first-order valence-corrected chi connectivity index (χ1v) is 13.1. The van der Waals surface area contributed by atoms with Gasteiger partial charge >= 0.3 is 0 Å². The third-order valence-corrected chi connectivity index (χ3v) is 7.05. The van der Waals surface area contributed by atoms with Crippen LogP contribution in [0.15, 0.2) is 82.8 Å². The number of benzene rings is 3. The van der Waals surface area contributed by atoms with Crippen molar-refractivity contribution in [2.45, 2.75) is 32.6 Å². The van der Waals surface area contributed by atoms with Crippen LogP contribution in [0.25, 0.3) is 0 Å². The lowest BCUT2D eigenvalue weighted by atomic mass is 10.1. The van der Waals surface area contributed by atoms with Crippen molar-refractivity contribution in [2.75, 3.05) is 24.1 Å². The van der Waals surface area contributed by atoms with Gasteiger partial charge in [0, 0.05) is 0 Å². The highest BCUT2D eigenvalue weighted by Crippen LogP contribution is 2.26. The summed E-state index contributed by atoms with van der Waals surface area (Å²) >= 11 is 0. The molecule has 0 fully saturated rings. The average Bonchev–Trinajstić information content (AvgIpc) is 2.87. The van der Waals surface area contributed by atoms with Crippen molar-refractivity contribution in [1.82, 2.24) is 5.43 Å². The van der Waals surface area contributed by atoms with E-state index in [0.29, 0.717) is 30.4 Å². The number of anilines is 1. The second kappa shape index (κ2) is 12.2. The highest BCUT2D eigenvalue weighted by molar-refractivity contribution is 7.92. The van der Waals surface area contributed by atoms with Crippen molar-refractivity contribution in [3.8, 4) is 11.5 Å². The van der Waals surface area contributed by atoms with Crippen LogP contribution in [0, 0.1) is 6.92 Å². The van der Waals surface area contributed by atoms with Crippen LogP contribution in [0.3, 0.4) is 0 Å². The van der Waals surface area contributed by atoms with Gasteiger partial charge in [-0.15, -0.1) is 0 Å². The molecular formula is C27H31N3O5S. The Bertz CT molecular complexity index is 1290. The number of sulfonamides is 1. The fourth-order valence-corrected chi connectivity index (χ4v) is 4.78. The fraction of sp³-hybridized carbons (Fsp3) is 0.259. The van der Waals surface area contributed by atoms with E-state index in [2.05, 4.69) is 10.5 Å². The van der Waals surface area contributed by atoms with Crippen molar-refractivity contribution in [2.24, 2.45) is 5.10 Å². The number of amides is 1. The summed E-state index contributed by atoms with van der Waals surface area (Å²) < 4.78 is 39.0. The zero-order valence-electron chi connectivity index (χ0n) is 20.9. The van der Waals surface area contributed by atoms with Gasteiger partial charge in [-0.1, -0.05) is 17.7 Å². The van der Waals surface area contributed by atoms with Gasteiger partial charge < -0.3 is 9.47 Å². The van der Waals surface area contributed by atoms with Crippen molar-refractivity contribution in [1.29, 1.82) is 0 Å². The molecule has 0 aliphatic heterocycles. The van der Waals surface area contributed by atoms with E-state index >= 15 is 0 Å². The number of carbonyl (C=O) groups excluding carboxylic acids is 1. The van der Waals surface area contributed by atoms with E-state index in [1.165, 1.54) is 12.1 Å². The van der Waals surface area contributed by atoms with Gasteiger partial charge in [-0.3, -0.25) is 9.10 Å². The lowest BCUT2D eigenvalue weighted by Crippen LogP contribution is -2.39. The molecule has 0 heterocycles. The summed E-state index contributed by atoms with van der Waals surface area (Å²) in [5.41, 5.74) is 5.11. The molecule has 3 aromatic carbocycles. The van der Waals surface area contributed by atoms with Crippen LogP contribution in [0.2, 0.25) is 0 Å². The largest absolute Gasteiger partial charge is 0.494 e. The number of hydrogen-bond donors (Lipinski definition) is 1. The summed E-state index contributed by atoms with van der Waals surface area (Å²) in [6.45, 7) is 8.00. The average molecular weight is 510 g/mol. The number of rotatable bonds is 11. The molecule has 0 aliphatic carbocycles. The molecule has 190 valence electrons. The van der Waals surface area contributed by atoms with Gasteiger partial charge in [0.1, 0.15) is 18.0 Å². The summed E-state index contributed by atoms with van der Waals surface area (Å²) in [7, 11) is -4.02. The van der Waals surface area contributed by atoms with E-state index in [-0.39, 0.29) is 4.90 Å². The standard InChI is InChI=1S/C27H31N3O5S/c1-5-34-24-13-9-22(10-14-24)21(4)28-29-27(31)19-30(23-11-15-25(16-12-23)35-6-2)36(32,33)26-17-7-20(3)8-18-26/h7-18H,5-6,19H2,1-4H3,(H,29,31)/b28-21-. The molecule has 0 atom stereocenters. The Kier molecular flexibility index (Phi) is 9.08. The third-order valence-electron chi connectivity index (χ3n) is 5.26. The van der Waals surface area contributed by atoms with Crippen LogP contribution in [0.1, 0.15) is 31.9 Å². The normalized spacial score (nSPS) is 11.6. The zero-order chi connectivity index (χ0) is 26.1. The van der Waals surface area contributed by atoms with E-state index in [1.807, 2.05) is 45.0 Å². The summed E-state index contributed by atoms with van der Waals surface area (Å²) in [6, 6.07) is 20.4. The van der Waals surface area contributed by atoms with Crippen LogP contribution in [0.4, 0.5) is 5.69 Å². The summed E-state index contributed by atoms with van der Waals surface area (Å²) in [5.74, 6) is 0.768. The second-order valence-electron chi connectivity index (χ2n) is 7.94. The molecule has 1 amide bonds. The molecule has 1 N–H and O–H groups in total. The zero-order valence-corrected chi connectivity index (χ0v) is 21.7. The molecule has 0 radical (unpaired) electrons. The molecule has 0 saturated heterocycles. The van der Waals surface area contributed by atoms with Gasteiger partial charge in [-0.25, -0.2) is 13.8 Å². The fourth-order valence-electron chi connectivity index (χ4n) is 3.36. The quantitative estimate of drug-likeness (QED) is 0.303. The first-order valence-electron chi connectivity index (χ1n) is 11.6. The van der Waals surface area contributed by atoms with E-state index in [9.17, 15) is 13.2 Å². The monoisotopic (exact) mass is 509 g/mol. The molecule has 8 nitrogen and oxygen atoms in total. The lowest BCUT2D eigenvalue weighted by Gasteiger charge is -2.24. The molecule has 0 bridgehead atoms. The molecule has 0 aromatic heterocycles. The van der Waals surface area contributed by atoms with E-state index in [1.54, 1.807) is 43.3 Å². The number of nitrogens with zero attached hydrogens (tertiary/aromatic N) is 2. The first kappa shape index (κ1) is 26.7. The van der Waals surface area contributed by atoms with Crippen LogP contribution >= 0.6 is 0 Å². The minimum absolute atomic E-state index is 0.0869. The molecule has 3 aromatic rings. The Morgan fingerprint density at radius 3 is 1.92 bits per heavy atom. The summed E-state index contributed by atoms with van der Waals surface area (Å²) in [5, 5.41) is 4.16. The molecule has 0 unspecified atom stereocenters. The van der Waals surface area contributed by atoms with Crippen LogP contribution in [-0.4, -0.2) is 39.8 Å². The maximum Gasteiger partial charge on any atom is 0.264 e. The van der Waals surface area contributed by atoms with E-state index in [0.717, 1.165) is 21.2 Å². The molecule has 3 rings (SSSR count). The minimum Gasteiger partial charge on any atom is -0.494 e. The van der Waals surface area contributed by atoms with E-state index in [4.69, 9.17) is 9.47 Å². The van der Waals surface area contributed by atoms with Crippen molar-refractivity contribution in [3.05, 3.63) is 83.9 Å². The first-order chi connectivity index (χ1) is 17.2. The Balaban J connectivity index is 1.83. The molecule has 0 spiro atoms. The minimum atomic E-state index is -4.02. The smallest absolute Gasteiger partial charge is 0.264 e. The molecule has 36 heavy (non-hydrogen) atoms. The Hall–Kier alpha value is -3.85. The third kappa shape index (κ3) is 6.85. The maximum atomic E-state index is 13.5. The Morgan fingerprint density at radius 2 is 1.39 bits per heavy atom. The van der Waals surface area contributed by atoms with E-state index < -0.39 is 22.5 Å². The highest BCUT2D eigenvalue weighted by Gasteiger charge is 2.27. The van der Waals surface area contributed by atoms with Gasteiger partial charge in [-0.2, -0.15) is 5.10 Å². The maximum absolute atomic E-state index is 13.5. The SMILES string of the molecule is CCOc1ccc(/C(C)=N\NC(=O)CN(c2ccc(OCC)cc2)S(=O)(=O)c2ccc(C)cc2)cc1. The molecule has 0 saturated carbocycles. The highest BCUT2D eigenvalue weighted by atomic mass is 32.2. The number of ether oxygens (including phenoxy) is 2. The van der Waals surface area contributed by atoms with Crippen LogP contribution in [-0.2, 0) is 14.8 Å². The van der Waals surface area contributed by atoms with Gasteiger partial charge in [0.2, 0.25) is 0 Å². The predicted octanol–water partition coefficient (Wildman–Crippen LogP) is 4.53. The number of hydrogen-bond acceptors (Lipinski definition) is 6. The summed E-state index contributed by atoms with van der Waals surface area (Å²) in [4.78, 5) is 12.9. The molecule has 0 aliphatic rings. The van der Waals surface area contributed by atoms with Crippen LogP contribution in [0.5, 0.6) is 11.5 Å². The molecular weight excluding hydrogens is 478 g/mol. The topological polar surface area (TPSA) is 97.3 Å². The van der Waals surface area contributed by atoms with Crippen LogP contribution < -0.4 is 19.2 Å². The van der Waals surface area contributed by atoms with Gasteiger partial charge in [-0.05, 0) is 93.9 Å². The number of nitrogens with one attached hydrogen (secondary N) is 1. The van der Waals surface area contributed by atoms with Gasteiger partial charge in [0.25, 0.3) is 15.9 Å². The van der Waals surface area contributed by atoms with Gasteiger partial charge in [0.15, 0.2) is 0 Å². The Morgan fingerprint density at radius 1 is 0.861 bits per heavy atom. The van der Waals surface area contributed by atoms with Crippen molar-refractivity contribution in [3.63, 3.8) is 0 Å². The van der Waals surface area contributed by atoms with Crippen molar-refractivity contribution >= 4 is 27.3 Å². The van der Waals surface area contributed by atoms with Crippen molar-refractivity contribution < 1.29 is 22.7 Å². The molecule has 9 heteroatoms. The summed E-state index contributed by atoms with van der Waals surface area (Å²) in [6.07, 6.45) is 0. The number of aryl methyl sites for hydroxylation is 1. The number of hydrazone groups is 1. The lowest BCUT2D eigenvalue weighted by molar-refractivity contribution is -0.119.